The minimum absolute atomic E-state index is 0.740. The Morgan fingerprint density at radius 1 is 1.15 bits per heavy atom. The first kappa shape index (κ1) is 12.9. The highest BCUT2D eigenvalue weighted by Gasteiger charge is 2.09. The van der Waals surface area contributed by atoms with Gasteiger partial charge in [-0.05, 0) is 16.8 Å². The number of ether oxygens (including phenoxy) is 2. The van der Waals surface area contributed by atoms with Crippen molar-refractivity contribution in [2.45, 2.75) is 0 Å². The Morgan fingerprint density at radius 2 is 1.95 bits per heavy atom. The highest BCUT2D eigenvalue weighted by Crippen LogP contribution is 2.26. The van der Waals surface area contributed by atoms with E-state index < -0.39 is 0 Å². The molecule has 0 radical (unpaired) electrons. The molecule has 0 atom stereocenters. The molecule has 1 saturated heterocycles. The minimum Gasteiger partial charge on any atom is -0.496 e. The third-order valence-electron chi connectivity index (χ3n) is 3.49. The van der Waals surface area contributed by atoms with Gasteiger partial charge in [0, 0.05) is 5.56 Å². The van der Waals surface area contributed by atoms with Gasteiger partial charge in [-0.2, -0.15) is 5.10 Å². The molecule has 1 aliphatic rings. The van der Waals surface area contributed by atoms with E-state index in [2.05, 4.69) is 23.3 Å². The maximum Gasteiger partial charge on any atom is 0.128 e. The predicted octanol–water partition coefficient (Wildman–Crippen LogP) is 2.51. The van der Waals surface area contributed by atoms with E-state index in [-0.39, 0.29) is 0 Å². The van der Waals surface area contributed by atoms with Gasteiger partial charge in [-0.1, -0.05) is 30.3 Å². The summed E-state index contributed by atoms with van der Waals surface area (Å²) in [4.78, 5) is 0. The molecule has 1 heterocycles. The van der Waals surface area contributed by atoms with Crippen molar-refractivity contribution in [3.05, 3.63) is 42.0 Å². The van der Waals surface area contributed by atoms with Crippen LogP contribution < -0.4 is 4.74 Å². The Balaban J connectivity index is 1.97. The van der Waals surface area contributed by atoms with Gasteiger partial charge in [0.2, 0.25) is 0 Å². The smallest absolute Gasteiger partial charge is 0.128 e. The van der Waals surface area contributed by atoms with E-state index in [0.29, 0.717) is 0 Å². The number of hydrogen-bond donors (Lipinski definition) is 0. The molecule has 0 aliphatic carbocycles. The monoisotopic (exact) mass is 270 g/mol. The van der Waals surface area contributed by atoms with E-state index in [1.165, 1.54) is 5.39 Å². The lowest BCUT2D eigenvalue weighted by Gasteiger charge is -2.23. The molecule has 1 aliphatic heterocycles. The molecule has 1 fully saturated rings. The maximum absolute atomic E-state index is 5.46. The zero-order chi connectivity index (χ0) is 13.8. The first-order chi connectivity index (χ1) is 9.88. The van der Waals surface area contributed by atoms with Gasteiger partial charge < -0.3 is 9.47 Å². The van der Waals surface area contributed by atoms with Crippen molar-refractivity contribution in [1.29, 1.82) is 0 Å². The van der Waals surface area contributed by atoms with Crippen LogP contribution in [0.1, 0.15) is 5.56 Å². The standard InChI is InChI=1S/C16H18N2O2/c1-19-16-7-6-13-4-2-3-5-14(13)15(16)12-17-18-8-10-20-11-9-18/h2-7,12H,8-11H2,1H3. The summed E-state index contributed by atoms with van der Waals surface area (Å²) in [6.07, 6.45) is 1.90. The van der Waals surface area contributed by atoms with Crippen LogP contribution in [0, 0.1) is 0 Å². The number of morpholine rings is 1. The van der Waals surface area contributed by atoms with E-state index >= 15 is 0 Å². The lowest BCUT2D eigenvalue weighted by Crippen LogP contribution is -2.32. The molecule has 0 N–H and O–H groups in total. The number of nitrogens with zero attached hydrogens (tertiary/aromatic N) is 2. The predicted molar refractivity (Wildman–Crippen MR) is 80.5 cm³/mol. The molecule has 2 aromatic carbocycles. The topological polar surface area (TPSA) is 34.1 Å². The second kappa shape index (κ2) is 5.92. The molecule has 3 rings (SSSR count). The summed E-state index contributed by atoms with van der Waals surface area (Å²) in [5.41, 5.74) is 1.03. The van der Waals surface area contributed by atoms with Crippen LogP contribution in [0.3, 0.4) is 0 Å². The zero-order valence-electron chi connectivity index (χ0n) is 11.6. The second-order valence-corrected chi connectivity index (χ2v) is 4.71. The summed E-state index contributed by atoms with van der Waals surface area (Å²) < 4.78 is 10.8. The summed E-state index contributed by atoms with van der Waals surface area (Å²) in [6.45, 7) is 3.15. The van der Waals surface area contributed by atoms with E-state index in [4.69, 9.17) is 9.47 Å². The summed E-state index contributed by atoms with van der Waals surface area (Å²) in [7, 11) is 1.69. The fourth-order valence-electron chi connectivity index (χ4n) is 2.40. The number of hydrazone groups is 1. The highest BCUT2D eigenvalue weighted by atomic mass is 16.5. The van der Waals surface area contributed by atoms with Gasteiger partial charge in [0.05, 0.1) is 39.6 Å². The van der Waals surface area contributed by atoms with Gasteiger partial charge in [0.15, 0.2) is 0 Å². The Kier molecular flexibility index (Phi) is 3.83. The minimum atomic E-state index is 0.740. The van der Waals surface area contributed by atoms with Crippen molar-refractivity contribution in [3.63, 3.8) is 0 Å². The van der Waals surface area contributed by atoms with Crippen LogP contribution in [0.4, 0.5) is 0 Å². The molecule has 4 heteroatoms. The summed E-state index contributed by atoms with van der Waals surface area (Å²) in [5.74, 6) is 0.848. The first-order valence-electron chi connectivity index (χ1n) is 6.81. The van der Waals surface area contributed by atoms with Crippen molar-refractivity contribution in [3.8, 4) is 5.75 Å². The maximum atomic E-state index is 5.46. The van der Waals surface area contributed by atoms with Crippen molar-refractivity contribution in [2.24, 2.45) is 5.10 Å². The highest BCUT2D eigenvalue weighted by molar-refractivity contribution is 6.02. The summed E-state index contributed by atoms with van der Waals surface area (Å²) in [5, 5.41) is 8.94. The number of rotatable bonds is 3. The SMILES string of the molecule is COc1ccc2ccccc2c1C=NN1CCOCC1. The summed E-state index contributed by atoms with van der Waals surface area (Å²) in [6, 6.07) is 12.3. The van der Waals surface area contributed by atoms with Gasteiger partial charge >= 0.3 is 0 Å². The Bertz CT molecular complexity index is 619. The molecule has 0 spiro atoms. The molecule has 0 unspecified atom stereocenters. The quantitative estimate of drug-likeness (QED) is 0.804. The van der Waals surface area contributed by atoms with E-state index in [9.17, 15) is 0 Å². The van der Waals surface area contributed by atoms with Crippen LogP contribution in [-0.2, 0) is 4.74 Å². The molecule has 0 bridgehead atoms. The Labute approximate surface area is 118 Å². The average Bonchev–Trinajstić information content (AvgIpc) is 2.53. The summed E-state index contributed by atoms with van der Waals surface area (Å²) >= 11 is 0. The first-order valence-corrected chi connectivity index (χ1v) is 6.81. The van der Waals surface area contributed by atoms with Crippen LogP contribution in [0.2, 0.25) is 0 Å². The Morgan fingerprint density at radius 3 is 2.75 bits per heavy atom. The largest absolute Gasteiger partial charge is 0.496 e. The lowest BCUT2D eigenvalue weighted by atomic mass is 10.0. The van der Waals surface area contributed by atoms with Crippen LogP contribution in [0.25, 0.3) is 10.8 Å². The molecule has 2 aromatic rings. The molecule has 0 amide bonds. The van der Waals surface area contributed by atoms with Crippen molar-refractivity contribution >= 4 is 17.0 Å². The Hall–Kier alpha value is -2.07. The second-order valence-electron chi connectivity index (χ2n) is 4.71. The lowest BCUT2D eigenvalue weighted by molar-refractivity contribution is 0.0397. The van der Waals surface area contributed by atoms with Crippen LogP contribution >= 0.6 is 0 Å². The van der Waals surface area contributed by atoms with Crippen LogP contribution in [0.5, 0.6) is 5.75 Å². The van der Waals surface area contributed by atoms with Gasteiger partial charge in [-0.15, -0.1) is 0 Å². The van der Waals surface area contributed by atoms with Crippen LogP contribution in [0.15, 0.2) is 41.5 Å². The third kappa shape index (κ3) is 2.60. The molecule has 0 saturated carbocycles. The molecule has 104 valence electrons. The molecule has 20 heavy (non-hydrogen) atoms. The fourth-order valence-corrected chi connectivity index (χ4v) is 2.40. The molecular weight excluding hydrogens is 252 g/mol. The number of fused-ring (bicyclic) bond motifs is 1. The average molecular weight is 270 g/mol. The van der Waals surface area contributed by atoms with Crippen molar-refractivity contribution < 1.29 is 9.47 Å². The van der Waals surface area contributed by atoms with Gasteiger partial charge in [0.25, 0.3) is 0 Å². The van der Waals surface area contributed by atoms with Gasteiger partial charge in [-0.25, -0.2) is 0 Å². The van der Waals surface area contributed by atoms with Crippen LogP contribution in [-0.4, -0.2) is 44.6 Å². The number of hydrogen-bond acceptors (Lipinski definition) is 4. The third-order valence-corrected chi connectivity index (χ3v) is 3.49. The fraction of sp³-hybridized carbons (Fsp3) is 0.312. The molecule has 4 nitrogen and oxygen atoms in total. The molecular formula is C16H18N2O2. The van der Waals surface area contributed by atoms with E-state index in [1.54, 1.807) is 7.11 Å². The number of methoxy groups -OCH3 is 1. The van der Waals surface area contributed by atoms with E-state index in [0.717, 1.165) is 43.0 Å². The van der Waals surface area contributed by atoms with Gasteiger partial charge in [0.1, 0.15) is 5.75 Å². The normalized spacial score (nSPS) is 15.9. The number of benzene rings is 2. The van der Waals surface area contributed by atoms with E-state index in [1.807, 2.05) is 29.4 Å². The zero-order valence-corrected chi connectivity index (χ0v) is 11.6. The van der Waals surface area contributed by atoms with Crippen molar-refractivity contribution in [2.75, 3.05) is 33.4 Å². The van der Waals surface area contributed by atoms with Crippen molar-refractivity contribution in [1.82, 2.24) is 5.01 Å². The molecule has 0 aromatic heterocycles. The van der Waals surface area contributed by atoms with Gasteiger partial charge in [-0.3, -0.25) is 5.01 Å².